The molecule has 1 rings (SSSR count). The zero-order chi connectivity index (χ0) is 8.10. The molecular weight excluding hydrogens is 154 g/mol. The lowest BCUT2D eigenvalue weighted by molar-refractivity contribution is 0.656. The van der Waals surface area contributed by atoms with Gasteiger partial charge in [-0.25, -0.2) is 0 Å². The first kappa shape index (κ1) is 9.14. The van der Waals surface area contributed by atoms with Gasteiger partial charge in [-0.3, -0.25) is 0 Å². The zero-order valence-electron chi connectivity index (χ0n) is 7.18. The van der Waals surface area contributed by atoms with Gasteiger partial charge in [0, 0.05) is 11.8 Å². The average molecular weight is 171 g/mol. The van der Waals surface area contributed by atoms with Gasteiger partial charge in [0.2, 0.25) is 0 Å². The van der Waals surface area contributed by atoms with Gasteiger partial charge >= 0.3 is 0 Å². The van der Waals surface area contributed by atoms with E-state index in [0.717, 1.165) is 5.75 Å². The van der Waals surface area contributed by atoms with Crippen LogP contribution in [-0.2, 0) is 0 Å². The van der Waals surface area contributed by atoms with Crippen LogP contribution < -0.4 is 5.73 Å². The molecule has 0 aromatic heterocycles. The van der Waals surface area contributed by atoms with Gasteiger partial charge in [0.25, 0.3) is 0 Å². The van der Waals surface area contributed by atoms with Crippen LogP contribution in [0.2, 0.25) is 0 Å². The fraction of sp³-hybridized carbons (Fsp3) is 0.778. The van der Waals surface area contributed by atoms with Crippen LogP contribution >= 0.6 is 11.8 Å². The fourth-order valence-electron chi connectivity index (χ4n) is 1.49. The van der Waals surface area contributed by atoms with Crippen molar-refractivity contribution >= 4 is 11.8 Å². The van der Waals surface area contributed by atoms with Crippen LogP contribution in [0.4, 0.5) is 0 Å². The third-order valence-corrected chi connectivity index (χ3v) is 2.84. The predicted molar refractivity (Wildman–Crippen MR) is 52.9 cm³/mol. The van der Waals surface area contributed by atoms with Crippen molar-refractivity contribution in [2.24, 2.45) is 5.73 Å². The van der Waals surface area contributed by atoms with Crippen molar-refractivity contribution in [2.45, 2.75) is 31.7 Å². The summed E-state index contributed by atoms with van der Waals surface area (Å²) in [5.41, 5.74) is 7.46. The van der Waals surface area contributed by atoms with Crippen LogP contribution in [0.5, 0.6) is 0 Å². The molecule has 0 aliphatic heterocycles. The highest BCUT2D eigenvalue weighted by Crippen LogP contribution is 2.20. The molecule has 0 radical (unpaired) electrons. The standard InChI is InChI=1S/C9H17NS/c1-11-7-9(10)8-5-3-2-4-6-8/h5,9H,2-4,6-7,10H2,1H3. The number of nitrogens with two attached hydrogens (primary N) is 1. The van der Waals surface area contributed by atoms with Gasteiger partial charge in [-0.1, -0.05) is 11.6 Å². The lowest BCUT2D eigenvalue weighted by Gasteiger charge is -2.18. The molecule has 11 heavy (non-hydrogen) atoms. The molecule has 0 bridgehead atoms. The molecule has 1 atom stereocenters. The minimum Gasteiger partial charge on any atom is -0.324 e. The quantitative estimate of drug-likeness (QED) is 0.659. The SMILES string of the molecule is CSCC(N)C1=CCCCC1. The number of thioether (sulfide) groups is 1. The number of allylic oxidation sites excluding steroid dienone is 1. The molecule has 1 aliphatic rings. The van der Waals surface area contributed by atoms with Gasteiger partial charge in [0.1, 0.15) is 0 Å². The minimum absolute atomic E-state index is 0.324. The normalized spacial score (nSPS) is 21.1. The van der Waals surface area contributed by atoms with Gasteiger partial charge in [0.05, 0.1) is 0 Å². The highest BCUT2D eigenvalue weighted by atomic mass is 32.2. The monoisotopic (exact) mass is 171 g/mol. The number of rotatable bonds is 3. The largest absolute Gasteiger partial charge is 0.324 e. The van der Waals surface area contributed by atoms with E-state index in [9.17, 15) is 0 Å². The zero-order valence-corrected chi connectivity index (χ0v) is 7.99. The Balaban J connectivity index is 2.37. The minimum atomic E-state index is 0.324. The first-order valence-corrected chi connectivity index (χ1v) is 5.67. The molecule has 64 valence electrons. The van der Waals surface area contributed by atoms with E-state index in [4.69, 9.17) is 5.73 Å². The Hall–Kier alpha value is 0.0500. The van der Waals surface area contributed by atoms with E-state index in [2.05, 4.69) is 12.3 Å². The Kier molecular flexibility index (Phi) is 4.02. The lowest BCUT2D eigenvalue weighted by Crippen LogP contribution is -2.26. The summed E-state index contributed by atoms with van der Waals surface area (Å²) in [5, 5.41) is 0. The van der Waals surface area contributed by atoms with E-state index < -0.39 is 0 Å². The summed E-state index contributed by atoms with van der Waals surface area (Å²) in [7, 11) is 0. The summed E-state index contributed by atoms with van der Waals surface area (Å²) in [4.78, 5) is 0. The third kappa shape index (κ3) is 2.88. The highest BCUT2D eigenvalue weighted by molar-refractivity contribution is 7.98. The summed E-state index contributed by atoms with van der Waals surface area (Å²) in [6.07, 6.45) is 9.64. The van der Waals surface area contributed by atoms with Gasteiger partial charge in [0.15, 0.2) is 0 Å². The van der Waals surface area contributed by atoms with Crippen molar-refractivity contribution in [2.75, 3.05) is 12.0 Å². The Morgan fingerprint density at radius 3 is 3.00 bits per heavy atom. The lowest BCUT2D eigenvalue weighted by atomic mass is 9.95. The molecule has 1 unspecified atom stereocenters. The number of hydrogen-bond donors (Lipinski definition) is 1. The molecule has 1 aliphatic carbocycles. The van der Waals surface area contributed by atoms with E-state index in [1.54, 1.807) is 0 Å². The van der Waals surface area contributed by atoms with Crippen LogP contribution in [-0.4, -0.2) is 18.1 Å². The molecule has 2 N–H and O–H groups in total. The molecule has 0 spiro atoms. The van der Waals surface area contributed by atoms with Crippen LogP contribution in [0.15, 0.2) is 11.6 Å². The van der Waals surface area contributed by atoms with Gasteiger partial charge < -0.3 is 5.73 Å². The second-order valence-corrected chi connectivity index (χ2v) is 4.00. The van der Waals surface area contributed by atoms with Crippen molar-refractivity contribution < 1.29 is 0 Å². The summed E-state index contributed by atoms with van der Waals surface area (Å²) < 4.78 is 0. The van der Waals surface area contributed by atoms with Crippen molar-refractivity contribution in [3.05, 3.63) is 11.6 Å². The molecule has 1 nitrogen and oxygen atoms in total. The van der Waals surface area contributed by atoms with E-state index >= 15 is 0 Å². The summed E-state index contributed by atoms with van der Waals surface area (Å²) in [6, 6.07) is 0.324. The second kappa shape index (κ2) is 4.83. The highest BCUT2D eigenvalue weighted by Gasteiger charge is 2.10. The summed E-state index contributed by atoms with van der Waals surface area (Å²) in [6.45, 7) is 0. The number of hydrogen-bond acceptors (Lipinski definition) is 2. The maximum absolute atomic E-state index is 5.97. The Labute approximate surface area is 73.4 Å². The Bertz CT molecular complexity index is 142. The molecule has 0 amide bonds. The van der Waals surface area contributed by atoms with E-state index in [0.29, 0.717) is 6.04 Å². The maximum Gasteiger partial charge on any atom is 0.0345 e. The molecule has 0 heterocycles. The third-order valence-electron chi connectivity index (χ3n) is 2.15. The molecule has 0 saturated heterocycles. The van der Waals surface area contributed by atoms with Crippen LogP contribution in [0.3, 0.4) is 0 Å². The summed E-state index contributed by atoms with van der Waals surface area (Å²) in [5.74, 6) is 1.08. The van der Waals surface area contributed by atoms with Gasteiger partial charge in [-0.15, -0.1) is 0 Å². The molecule has 0 fully saturated rings. The first-order valence-electron chi connectivity index (χ1n) is 4.28. The molecular formula is C9H17NS. The van der Waals surface area contributed by atoms with Gasteiger partial charge in [-0.2, -0.15) is 11.8 Å². The van der Waals surface area contributed by atoms with Crippen LogP contribution in [0, 0.1) is 0 Å². The van der Waals surface area contributed by atoms with Crippen molar-refractivity contribution in [3.8, 4) is 0 Å². The van der Waals surface area contributed by atoms with Crippen LogP contribution in [0.1, 0.15) is 25.7 Å². The molecule has 2 heteroatoms. The van der Waals surface area contributed by atoms with E-state index in [1.165, 1.54) is 31.3 Å². The van der Waals surface area contributed by atoms with Crippen molar-refractivity contribution in [1.29, 1.82) is 0 Å². The average Bonchev–Trinajstić information content (AvgIpc) is 2.07. The van der Waals surface area contributed by atoms with Crippen molar-refractivity contribution in [3.63, 3.8) is 0 Å². The molecule has 0 aromatic carbocycles. The van der Waals surface area contributed by atoms with E-state index in [-0.39, 0.29) is 0 Å². The van der Waals surface area contributed by atoms with Gasteiger partial charge in [-0.05, 0) is 31.9 Å². The van der Waals surface area contributed by atoms with E-state index in [1.807, 2.05) is 11.8 Å². The topological polar surface area (TPSA) is 26.0 Å². The predicted octanol–water partition coefficient (Wildman–Crippen LogP) is 2.18. The molecule has 0 saturated carbocycles. The fourth-order valence-corrected chi connectivity index (χ4v) is 2.06. The summed E-state index contributed by atoms with van der Waals surface area (Å²) >= 11 is 1.84. The maximum atomic E-state index is 5.97. The van der Waals surface area contributed by atoms with Crippen molar-refractivity contribution in [1.82, 2.24) is 0 Å². The first-order chi connectivity index (χ1) is 5.34. The smallest absolute Gasteiger partial charge is 0.0345 e. The molecule has 0 aromatic rings. The Morgan fingerprint density at radius 1 is 1.64 bits per heavy atom. The second-order valence-electron chi connectivity index (χ2n) is 3.09. The Morgan fingerprint density at radius 2 is 2.45 bits per heavy atom. The van der Waals surface area contributed by atoms with Crippen LogP contribution in [0.25, 0.3) is 0 Å².